The maximum atomic E-state index is 14.7. The highest BCUT2D eigenvalue weighted by Crippen LogP contribution is 2.29. The van der Waals surface area contributed by atoms with Crippen molar-refractivity contribution in [2.45, 2.75) is 6.10 Å². The average molecular weight is 370 g/mol. The molecule has 1 saturated heterocycles. The minimum absolute atomic E-state index is 0.272. The molecular formula is C17H17FN7O2+. The second-order valence-corrected chi connectivity index (χ2v) is 6.10. The van der Waals surface area contributed by atoms with E-state index in [2.05, 4.69) is 26.1 Å². The molecule has 2 aromatic heterocycles. The summed E-state index contributed by atoms with van der Waals surface area (Å²) in [5.41, 5.74) is 5.71. The molecule has 0 radical (unpaired) electrons. The first-order valence-electron chi connectivity index (χ1n) is 8.33. The zero-order valence-electron chi connectivity index (χ0n) is 14.5. The Balaban J connectivity index is 1.58. The number of halogens is 1. The number of hydrogen-bond donors (Lipinski definition) is 1. The van der Waals surface area contributed by atoms with Gasteiger partial charge in [-0.3, -0.25) is 9.88 Å². The van der Waals surface area contributed by atoms with Crippen LogP contribution in [0.1, 0.15) is 0 Å². The molecule has 0 unspecified atom stereocenters. The highest BCUT2D eigenvalue weighted by atomic mass is 19.1. The molecule has 3 N–H and O–H groups in total. The molecule has 1 aliphatic rings. The number of amides is 1. The smallest absolute Gasteiger partial charge is 0.414 e. The summed E-state index contributed by atoms with van der Waals surface area (Å²) in [6, 6.07) is 8.06. The van der Waals surface area contributed by atoms with E-state index in [0.29, 0.717) is 41.4 Å². The number of ether oxygens (including phenoxy) is 1. The lowest BCUT2D eigenvalue weighted by Gasteiger charge is -2.14. The molecule has 0 bridgehead atoms. The summed E-state index contributed by atoms with van der Waals surface area (Å²) in [4.78, 5) is 18.9. The van der Waals surface area contributed by atoms with Crippen molar-refractivity contribution in [2.75, 3.05) is 18.0 Å². The second kappa shape index (κ2) is 6.72. The van der Waals surface area contributed by atoms with Crippen LogP contribution in [0.5, 0.6) is 0 Å². The van der Waals surface area contributed by atoms with Gasteiger partial charge in [0, 0.05) is 17.3 Å². The van der Waals surface area contributed by atoms with Gasteiger partial charge in [-0.05, 0) is 29.5 Å². The van der Waals surface area contributed by atoms with Crippen molar-refractivity contribution in [1.82, 2.24) is 25.2 Å². The number of benzene rings is 1. The minimum atomic E-state index is -0.488. The van der Waals surface area contributed by atoms with E-state index in [0.717, 1.165) is 0 Å². The van der Waals surface area contributed by atoms with E-state index >= 15 is 0 Å². The molecule has 3 aromatic rings. The monoisotopic (exact) mass is 370 g/mol. The van der Waals surface area contributed by atoms with Gasteiger partial charge in [-0.25, -0.2) is 9.18 Å². The third-order valence-corrected chi connectivity index (χ3v) is 4.27. The first-order chi connectivity index (χ1) is 13.0. The summed E-state index contributed by atoms with van der Waals surface area (Å²) in [7, 11) is 1.66. The molecular weight excluding hydrogens is 353 g/mol. The van der Waals surface area contributed by atoms with E-state index in [-0.39, 0.29) is 6.10 Å². The Bertz CT molecular complexity index is 989. The second-order valence-electron chi connectivity index (χ2n) is 6.10. The third-order valence-electron chi connectivity index (χ3n) is 4.27. The van der Waals surface area contributed by atoms with Crippen LogP contribution in [0.25, 0.3) is 22.6 Å². The number of aromatic nitrogens is 5. The Morgan fingerprint density at radius 1 is 1.33 bits per heavy atom. The third kappa shape index (κ3) is 3.22. The van der Waals surface area contributed by atoms with Gasteiger partial charge >= 0.3 is 6.09 Å². The minimum Gasteiger partial charge on any atom is -0.438 e. The normalized spacial score (nSPS) is 16.6. The van der Waals surface area contributed by atoms with Gasteiger partial charge in [0.15, 0.2) is 6.10 Å². The fourth-order valence-electron chi connectivity index (χ4n) is 2.86. The van der Waals surface area contributed by atoms with E-state index in [1.54, 1.807) is 37.5 Å². The molecule has 9 nitrogen and oxygen atoms in total. The summed E-state index contributed by atoms with van der Waals surface area (Å²) in [5, 5.41) is 11.7. The molecule has 1 fully saturated rings. The SMILES string of the molecule is Cn1nnc(-c2ccc(-c3ccc(N4C[C@H](C[NH3+])OC4=O)cc3F)cn2)n1. The van der Waals surface area contributed by atoms with Crippen LogP contribution < -0.4 is 10.6 Å². The first-order valence-corrected chi connectivity index (χ1v) is 8.33. The van der Waals surface area contributed by atoms with Crippen molar-refractivity contribution in [3.05, 3.63) is 42.3 Å². The van der Waals surface area contributed by atoms with Crippen molar-refractivity contribution >= 4 is 11.8 Å². The number of aryl methyl sites for hydroxylation is 1. The lowest BCUT2D eigenvalue weighted by Crippen LogP contribution is -2.56. The maximum Gasteiger partial charge on any atom is 0.414 e. The number of tetrazole rings is 1. The van der Waals surface area contributed by atoms with E-state index < -0.39 is 11.9 Å². The quantitative estimate of drug-likeness (QED) is 0.721. The molecule has 1 aromatic carbocycles. The van der Waals surface area contributed by atoms with Crippen LogP contribution >= 0.6 is 0 Å². The van der Waals surface area contributed by atoms with Crippen LogP contribution in [-0.2, 0) is 11.8 Å². The Hall–Kier alpha value is -3.40. The van der Waals surface area contributed by atoms with Crippen LogP contribution in [0.15, 0.2) is 36.5 Å². The van der Waals surface area contributed by atoms with Crippen molar-refractivity contribution in [3.8, 4) is 22.6 Å². The number of rotatable bonds is 4. The Morgan fingerprint density at radius 2 is 2.19 bits per heavy atom. The summed E-state index contributed by atoms with van der Waals surface area (Å²) in [6.45, 7) is 0.837. The molecule has 0 spiro atoms. The summed E-state index contributed by atoms with van der Waals surface area (Å²) >= 11 is 0. The van der Waals surface area contributed by atoms with Gasteiger partial charge in [0.25, 0.3) is 0 Å². The number of cyclic esters (lactones) is 1. The van der Waals surface area contributed by atoms with E-state index in [4.69, 9.17) is 4.74 Å². The predicted molar refractivity (Wildman–Crippen MR) is 92.8 cm³/mol. The van der Waals surface area contributed by atoms with Crippen LogP contribution in [0.4, 0.5) is 14.9 Å². The zero-order valence-corrected chi connectivity index (χ0v) is 14.5. The van der Waals surface area contributed by atoms with Crippen molar-refractivity contribution in [3.63, 3.8) is 0 Å². The molecule has 1 amide bonds. The number of carbonyl (C=O) groups excluding carboxylic acids is 1. The molecule has 3 heterocycles. The number of hydrogen-bond acceptors (Lipinski definition) is 6. The molecule has 4 rings (SSSR count). The Kier molecular flexibility index (Phi) is 4.24. The predicted octanol–water partition coefficient (Wildman–Crippen LogP) is 0.645. The highest BCUT2D eigenvalue weighted by Gasteiger charge is 2.32. The van der Waals surface area contributed by atoms with Gasteiger partial charge in [0.1, 0.15) is 18.1 Å². The maximum absolute atomic E-state index is 14.7. The first kappa shape index (κ1) is 17.0. The number of carbonyl (C=O) groups is 1. The van der Waals surface area contributed by atoms with Gasteiger partial charge in [-0.15, -0.1) is 10.2 Å². The standard InChI is InChI=1S/C17H16FN7O2/c1-24-22-16(21-23-24)15-5-2-10(8-20-15)13-4-3-11(6-14(13)18)25-9-12(7-19)27-17(25)26/h2-6,8,12H,7,9,19H2,1H3/p+1/t12-/m0/s1. The molecule has 0 saturated carbocycles. The largest absolute Gasteiger partial charge is 0.438 e. The lowest BCUT2D eigenvalue weighted by atomic mass is 10.1. The van der Waals surface area contributed by atoms with Crippen molar-refractivity contribution in [1.29, 1.82) is 0 Å². The van der Waals surface area contributed by atoms with E-state index in [9.17, 15) is 9.18 Å². The number of anilines is 1. The average Bonchev–Trinajstić information content (AvgIpc) is 3.27. The summed E-state index contributed by atoms with van der Waals surface area (Å²) in [5.74, 6) is -0.0575. The van der Waals surface area contributed by atoms with Crippen molar-refractivity contribution in [2.24, 2.45) is 7.05 Å². The number of pyridine rings is 1. The Morgan fingerprint density at radius 3 is 2.78 bits per heavy atom. The van der Waals surface area contributed by atoms with E-state index in [1.807, 2.05) is 0 Å². The zero-order chi connectivity index (χ0) is 19.0. The fourth-order valence-corrected chi connectivity index (χ4v) is 2.86. The van der Waals surface area contributed by atoms with Gasteiger partial charge in [0.2, 0.25) is 5.82 Å². The molecule has 0 aliphatic carbocycles. The molecule has 10 heteroatoms. The summed E-state index contributed by atoms with van der Waals surface area (Å²) in [6.07, 6.45) is 0.789. The van der Waals surface area contributed by atoms with Crippen LogP contribution in [-0.4, -0.2) is 50.5 Å². The topological polar surface area (TPSA) is 114 Å². The molecule has 1 aliphatic heterocycles. The van der Waals surface area contributed by atoms with Crippen LogP contribution in [0, 0.1) is 5.82 Å². The fraction of sp³-hybridized carbons (Fsp3) is 0.235. The summed E-state index contributed by atoms with van der Waals surface area (Å²) < 4.78 is 19.8. The van der Waals surface area contributed by atoms with Crippen molar-refractivity contribution < 1.29 is 19.7 Å². The van der Waals surface area contributed by atoms with Crippen LogP contribution in [0.2, 0.25) is 0 Å². The molecule has 1 atom stereocenters. The van der Waals surface area contributed by atoms with Gasteiger partial charge in [0.05, 0.1) is 19.3 Å². The van der Waals surface area contributed by atoms with Gasteiger partial charge in [-0.2, -0.15) is 4.80 Å². The highest BCUT2D eigenvalue weighted by molar-refractivity contribution is 5.90. The Labute approximate surface area is 153 Å². The molecule has 27 heavy (non-hydrogen) atoms. The van der Waals surface area contributed by atoms with E-state index in [1.165, 1.54) is 15.8 Å². The van der Waals surface area contributed by atoms with Gasteiger partial charge in [-0.1, -0.05) is 6.07 Å². The lowest BCUT2D eigenvalue weighted by molar-refractivity contribution is -0.380. The van der Waals surface area contributed by atoms with Crippen LogP contribution in [0.3, 0.4) is 0 Å². The number of nitrogens with zero attached hydrogens (tertiary/aromatic N) is 6. The molecule has 138 valence electrons. The van der Waals surface area contributed by atoms with Gasteiger partial charge < -0.3 is 10.5 Å². The number of quaternary nitrogens is 1.